The second-order valence-corrected chi connectivity index (χ2v) is 7.99. The van der Waals surface area contributed by atoms with Crippen molar-refractivity contribution in [3.05, 3.63) is 46.2 Å². The third-order valence-corrected chi connectivity index (χ3v) is 5.94. The number of thioether (sulfide) groups is 1. The summed E-state index contributed by atoms with van der Waals surface area (Å²) < 4.78 is 44.5. The molecule has 0 bridgehead atoms. The van der Waals surface area contributed by atoms with Crippen LogP contribution < -0.4 is 0 Å². The number of esters is 1. The van der Waals surface area contributed by atoms with Crippen molar-refractivity contribution < 1.29 is 27.5 Å². The Morgan fingerprint density at radius 3 is 2.57 bits per heavy atom. The van der Waals surface area contributed by atoms with Gasteiger partial charge in [-0.25, -0.2) is 15.0 Å². The third-order valence-electron chi connectivity index (χ3n) is 3.90. The molecule has 0 amide bonds. The molecule has 1 atom stereocenters. The van der Waals surface area contributed by atoms with Crippen molar-refractivity contribution in [1.29, 1.82) is 0 Å². The van der Waals surface area contributed by atoms with Crippen LogP contribution in [0.4, 0.5) is 13.2 Å². The molecule has 3 rings (SSSR count). The van der Waals surface area contributed by atoms with Gasteiger partial charge in [-0.15, -0.1) is 11.3 Å². The predicted molar refractivity (Wildman–Crippen MR) is 106 cm³/mol. The summed E-state index contributed by atoms with van der Waals surface area (Å²) in [5.41, 5.74) is 0.772. The molecule has 30 heavy (non-hydrogen) atoms. The summed E-state index contributed by atoms with van der Waals surface area (Å²) in [6.07, 6.45) is -4.73. The molecule has 0 aliphatic rings. The van der Waals surface area contributed by atoms with E-state index in [1.165, 1.54) is 6.07 Å². The largest absolute Gasteiger partial charge is 0.465 e. The number of ketones is 1. The molecule has 11 heteroatoms. The molecule has 0 aliphatic carbocycles. The van der Waals surface area contributed by atoms with Crippen LogP contribution in [0.2, 0.25) is 0 Å². The highest BCUT2D eigenvalue weighted by Crippen LogP contribution is 2.33. The molecule has 0 aliphatic heterocycles. The predicted octanol–water partition coefficient (Wildman–Crippen LogP) is 4.42. The Labute approximate surface area is 177 Å². The Kier molecular flexibility index (Phi) is 6.71. The van der Waals surface area contributed by atoms with E-state index in [-0.39, 0.29) is 22.9 Å². The number of hydrogen-bond donors (Lipinski definition) is 0. The van der Waals surface area contributed by atoms with Gasteiger partial charge in [0.15, 0.2) is 11.7 Å². The van der Waals surface area contributed by atoms with Crippen LogP contribution in [0.15, 0.2) is 34.7 Å². The minimum Gasteiger partial charge on any atom is -0.465 e. The Morgan fingerprint density at radius 1 is 1.20 bits per heavy atom. The van der Waals surface area contributed by atoms with E-state index in [1.54, 1.807) is 37.4 Å². The zero-order valence-corrected chi connectivity index (χ0v) is 17.5. The molecular formula is C19H16F3N3O3S2. The molecule has 3 aromatic rings. The number of ether oxygens (including phenoxy) is 1. The van der Waals surface area contributed by atoms with Crippen LogP contribution in [0.5, 0.6) is 0 Å². The van der Waals surface area contributed by atoms with Gasteiger partial charge in [0.05, 0.1) is 17.9 Å². The van der Waals surface area contributed by atoms with Crippen molar-refractivity contribution >= 4 is 45.8 Å². The van der Waals surface area contributed by atoms with Crippen LogP contribution in [0.3, 0.4) is 0 Å². The first-order valence-electron chi connectivity index (χ1n) is 8.78. The number of carbonyl (C=O) groups excluding carboxylic acids is 2. The number of fused-ring (bicyclic) bond motifs is 1. The number of halogens is 3. The first kappa shape index (κ1) is 22.2. The highest BCUT2D eigenvalue weighted by molar-refractivity contribution is 8.00. The van der Waals surface area contributed by atoms with Crippen molar-refractivity contribution in [1.82, 2.24) is 15.0 Å². The van der Waals surface area contributed by atoms with Gasteiger partial charge in [-0.2, -0.15) is 13.2 Å². The highest BCUT2D eigenvalue weighted by Gasteiger charge is 2.36. The van der Waals surface area contributed by atoms with Crippen molar-refractivity contribution in [3.63, 3.8) is 0 Å². The van der Waals surface area contributed by atoms with Crippen molar-refractivity contribution in [2.75, 3.05) is 12.4 Å². The van der Waals surface area contributed by atoms with Crippen LogP contribution in [-0.4, -0.2) is 39.1 Å². The van der Waals surface area contributed by atoms with E-state index in [0.29, 0.717) is 16.1 Å². The topological polar surface area (TPSA) is 82.0 Å². The number of Topliss-reactive ketones (excluding diaryl/α,β-unsaturated/α-hetero) is 1. The van der Waals surface area contributed by atoms with Crippen LogP contribution in [0, 0.1) is 6.92 Å². The quantitative estimate of drug-likeness (QED) is 0.226. The summed E-state index contributed by atoms with van der Waals surface area (Å²) in [6, 6.07) is 6.23. The highest BCUT2D eigenvalue weighted by atomic mass is 32.2. The van der Waals surface area contributed by atoms with Crippen LogP contribution in [0.1, 0.15) is 29.4 Å². The minimum atomic E-state index is -4.73. The third kappa shape index (κ3) is 4.96. The standard InChI is InChI=1S/C19H16F3N3O3S2/c1-3-28-17(27)14(16-23-10(2)8-29-16)13(26)9-30-15-11-6-4-5-7-12(11)24-18(25-15)19(20,21)22/h4-8,14H,3,9H2,1-2H3/t14-/m0/s1. The maximum absolute atomic E-state index is 13.2. The van der Waals surface area contributed by atoms with Crippen LogP contribution >= 0.6 is 23.1 Å². The Balaban J connectivity index is 1.90. The Morgan fingerprint density at radius 2 is 1.93 bits per heavy atom. The second kappa shape index (κ2) is 9.09. The summed E-state index contributed by atoms with van der Waals surface area (Å²) in [6.45, 7) is 3.44. The van der Waals surface area contributed by atoms with Gasteiger partial charge in [0, 0.05) is 16.5 Å². The number of nitrogens with zero attached hydrogens (tertiary/aromatic N) is 3. The first-order valence-corrected chi connectivity index (χ1v) is 10.7. The second-order valence-electron chi connectivity index (χ2n) is 6.13. The molecule has 2 aromatic heterocycles. The lowest BCUT2D eigenvalue weighted by Gasteiger charge is -2.13. The Bertz CT molecular complexity index is 1090. The lowest BCUT2D eigenvalue weighted by molar-refractivity contribution is -0.147. The summed E-state index contributed by atoms with van der Waals surface area (Å²) in [5.74, 6) is -4.05. The SMILES string of the molecule is CCOC(=O)[C@@H](C(=O)CSc1nc(C(F)(F)F)nc2ccccc12)c1nc(C)cs1. The number of rotatable bonds is 7. The Hall–Kier alpha value is -2.53. The van der Waals surface area contributed by atoms with Gasteiger partial charge in [-0.3, -0.25) is 9.59 Å². The van der Waals surface area contributed by atoms with E-state index in [9.17, 15) is 22.8 Å². The smallest absolute Gasteiger partial charge is 0.451 e. The van der Waals surface area contributed by atoms with E-state index in [2.05, 4.69) is 15.0 Å². The van der Waals surface area contributed by atoms with E-state index in [4.69, 9.17) is 4.74 Å². The maximum Gasteiger partial charge on any atom is 0.451 e. The molecule has 0 N–H and O–H groups in total. The van der Waals surface area contributed by atoms with E-state index in [1.807, 2.05) is 0 Å². The molecule has 0 saturated carbocycles. The molecule has 1 aromatic carbocycles. The zero-order valence-electron chi connectivity index (χ0n) is 15.9. The van der Waals surface area contributed by atoms with Gasteiger partial charge < -0.3 is 4.74 Å². The van der Waals surface area contributed by atoms with Gasteiger partial charge in [-0.1, -0.05) is 30.0 Å². The summed E-state index contributed by atoms with van der Waals surface area (Å²) >= 11 is 1.98. The summed E-state index contributed by atoms with van der Waals surface area (Å²) in [7, 11) is 0. The molecule has 0 saturated heterocycles. The number of thiazole rings is 1. The molecule has 0 spiro atoms. The van der Waals surface area contributed by atoms with Gasteiger partial charge in [-0.05, 0) is 19.9 Å². The maximum atomic E-state index is 13.2. The fourth-order valence-electron chi connectivity index (χ4n) is 2.61. The molecule has 6 nitrogen and oxygen atoms in total. The minimum absolute atomic E-state index is 0.0132. The number of benzene rings is 1. The summed E-state index contributed by atoms with van der Waals surface area (Å²) in [4.78, 5) is 36.5. The number of para-hydroxylation sites is 1. The van der Waals surface area contributed by atoms with Crippen molar-refractivity contribution in [2.45, 2.75) is 31.0 Å². The molecule has 0 radical (unpaired) electrons. The van der Waals surface area contributed by atoms with Gasteiger partial charge in [0.25, 0.3) is 0 Å². The zero-order chi connectivity index (χ0) is 21.9. The van der Waals surface area contributed by atoms with Gasteiger partial charge >= 0.3 is 12.1 Å². The average molecular weight is 455 g/mol. The normalized spacial score (nSPS) is 12.7. The molecular weight excluding hydrogens is 439 g/mol. The summed E-state index contributed by atoms with van der Waals surface area (Å²) in [5, 5.41) is 2.40. The lowest BCUT2D eigenvalue weighted by atomic mass is 10.1. The average Bonchev–Trinajstić information content (AvgIpc) is 3.11. The van der Waals surface area contributed by atoms with E-state index >= 15 is 0 Å². The number of aryl methyl sites for hydroxylation is 1. The molecule has 2 heterocycles. The molecule has 0 unspecified atom stereocenters. The van der Waals surface area contributed by atoms with Gasteiger partial charge in [0.1, 0.15) is 10.0 Å². The number of alkyl halides is 3. The first-order chi connectivity index (χ1) is 14.2. The number of aromatic nitrogens is 3. The lowest BCUT2D eigenvalue weighted by Crippen LogP contribution is -2.25. The number of hydrogen-bond acceptors (Lipinski definition) is 8. The van der Waals surface area contributed by atoms with E-state index < -0.39 is 29.7 Å². The van der Waals surface area contributed by atoms with Crippen molar-refractivity contribution in [2.24, 2.45) is 0 Å². The molecule has 158 valence electrons. The molecule has 0 fully saturated rings. The van der Waals surface area contributed by atoms with Gasteiger partial charge in [0.2, 0.25) is 5.82 Å². The van der Waals surface area contributed by atoms with Crippen LogP contribution in [-0.2, 0) is 20.5 Å². The fourth-order valence-corrected chi connectivity index (χ4v) is 4.44. The fraction of sp³-hybridized carbons (Fsp3) is 0.316. The monoisotopic (exact) mass is 455 g/mol. The number of carbonyl (C=O) groups is 2. The van der Waals surface area contributed by atoms with Crippen LogP contribution in [0.25, 0.3) is 10.9 Å². The van der Waals surface area contributed by atoms with Crippen molar-refractivity contribution in [3.8, 4) is 0 Å². The van der Waals surface area contributed by atoms with E-state index in [0.717, 1.165) is 23.1 Å².